The summed E-state index contributed by atoms with van der Waals surface area (Å²) in [6, 6.07) is 47.7. The largest absolute Gasteiger partial charge is 0.399 e. The van der Waals surface area contributed by atoms with Gasteiger partial charge in [0.05, 0.1) is 22.1 Å². The lowest BCUT2D eigenvalue weighted by Crippen LogP contribution is -2.07. The number of nitrogens with one attached hydrogen (secondary N) is 1. The van der Waals surface area contributed by atoms with Crippen molar-refractivity contribution in [1.82, 2.24) is 24.1 Å². The number of aromatic nitrogens is 5. The van der Waals surface area contributed by atoms with E-state index < -0.39 is 0 Å². The minimum absolute atomic E-state index is 0.548. The summed E-state index contributed by atoms with van der Waals surface area (Å²) >= 11 is 0. The van der Waals surface area contributed by atoms with Gasteiger partial charge in [-0.05, 0) is 48.5 Å². The van der Waals surface area contributed by atoms with Crippen LogP contribution in [0.3, 0.4) is 0 Å². The Morgan fingerprint density at radius 1 is 0.511 bits per heavy atom. The number of nitrogens with two attached hydrogens (primary N) is 1. The molecule has 9 rings (SSSR count). The predicted octanol–water partition coefficient (Wildman–Crippen LogP) is 9.02. The van der Waals surface area contributed by atoms with E-state index in [0.717, 1.165) is 71.8 Å². The van der Waals surface area contributed by atoms with Crippen LogP contribution >= 0.6 is 0 Å². The second-order valence-corrected chi connectivity index (χ2v) is 11.6. The molecule has 7 heteroatoms. The van der Waals surface area contributed by atoms with Crippen molar-refractivity contribution >= 4 is 55.0 Å². The molecule has 0 unspecified atom stereocenters. The second kappa shape index (κ2) is 10.6. The van der Waals surface area contributed by atoms with E-state index in [1.54, 1.807) is 0 Å². The highest BCUT2D eigenvalue weighted by atomic mass is 15.2. The van der Waals surface area contributed by atoms with Gasteiger partial charge >= 0.3 is 0 Å². The fourth-order valence-corrected chi connectivity index (χ4v) is 6.72. The number of benzene rings is 6. The molecule has 224 valence electrons. The molecule has 0 aliphatic carbocycles. The molecule has 9 aromatic rings. The van der Waals surface area contributed by atoms with E-state index >= 15 is 0 Å². The highest BCUT2D eigenvalue weighted by Crippen LogP contribution is 2.42. The number of para-hydroxylation sites is 1. The number of nitrogens with zero attached hydrogens (tertiary/aromatic N) is 5. The van der Waals surface area contributed by atoms with Gasteiger partial charge in [-0.25, -0.2) is 4.98 Å². The topological polar surface area (TPSA) is 86.6 Å². The van der Waals surface area contributed by atoms with Gasteiger partial charge in [0.25, 0.3) is 0 Å². The van der Waals surface area contributed by atoms with Gasteiger partial charge in [-0.2, -0.15) is 9.97 Å². The molecule has 0 aliphatic rings. The van der Waals surface area contributed by atoms with Crippen LogP contribution in [0.15, 0.2) is 140 Å². The van der Waals surface area contributed by atoms with Crippen LogP contribution in [-0.2, 0) is 0 Å². The van der Waals surface area contributed by atoms with E-state index in [4.69, 9.17) is 20.7 Å². The molecular weight excluding hydrogens is 578 g/mol. The summed E-state index contributed by atoms with van der Waals surface area (Å²) in [5, 5.41) is 7.71. The maximum absolute atomic E-state index is 6.39. The first-order valence-electron chi connectivity index (χ1n) is 15.6. The van der Waals surface area contributed by atoms with Gasteiger partial charge in [-0.15, -0.1) is 0 Å². The summed E-state index contributed by atoms with van der Waals surface area (Å²) in [7, 11) is 1.94. The van der Waals surface area contributed by atoms with E-state index in [1.165, 1.54) is 0 Å². The van der Waals surface area contributed by atoms with Gasteiger partial charge in [0.2, 0.25) is 5.95 Å². The van der Waals surface area contributed by atoms with Crippen molar-refractivity contribution in [3.8, 4) is 34.4 Å². The molecule has 0 saturated heterocycles. The zero-order chi connectivity index (χ0) is 31.5. The Labute approximate surface area is 270 Å². The Hall–Kier alpha value is -6.47. The van der Waals surface area contributed by atoms with Crippen molar-refractivity contribution in [1.29, 1.82) is 0 Å². The molecule has 0 saturated carbocycles. The summed E-state index contributed by atoms with van der Waals surface area (Å²) in [4.78, 5) is 15.4. The van der Waals surface area contributed by atoms with E-state index in [2.05, 4.69) is 81.2 Å². The zero-order valence-corrected chi connectivity index (χ0v) is 25.6. The van der Waals surface area contributed by atoms with Crippen LogP contribution < -0.4 is 11.1 Å². The maximum Gasteiger partial charge on any atom is 0.238 e. The highest BCUT2D eigenvalue weighted by Gasteiger charge is 2.23. The van der Waals surface area contributed by atoms with Gasteiger partial charge in [-0.3, -0.25) is 4.57 Å². The Balaban J connectivity index is 1.49. The number of fused-ring (bicyclic) bond motifs is 7. The van der Waals surface area contributed by atoms with Crippen LogP contribution in [-0.4, -0.2) is 31.1 Å². The van der Waals surface area contributed by atoms with Crippen LogP contribution in [0.1, 0.15) is 0 Å². The summed E-state index contributed by atoms with van der Waals surface area (Å²) in [5.74, 6) is 1.77. The molecule has 47 heavy (non-hydrogen) atoms. The molecule has 0 spiro atoms. The molecule has 0 fully saturated rings. The van der Waals surface area contributed by atoms with Crippen LogP contribution in [0.4, 0.5) is 11.4 Å². The predicted molar refractivity (Wildman–Crippen MR) is 193 cm³/mol. The summed E-state index contributed by atoms with van der Waals surface area (Å²) in [5.41, 5.74) is 15.2. The van der Waals surface area contributed by atoms with Crippen molar-refractivity contribution in [3.05, 3.63) is 140 Å². The van der Waals surface area contributed by atoms with Gasteiger partial charge in [0.1, 0.15) is 0 Å². The summed E-state index contributed by atoms with van der Waals surface area (Å²) in [6.45, 7) is 0. The molecule has 6 aromatic carbocycles. The number of hydrogen-bond acceptors (Lipinski definition) is 5. The number of rotatable bonds is 5. The average molecular weight is 608 g/mol. The first-order valence-corrected chi connectivity index (χ1v) is 15.6. The molecule has 3 heterocycles. The van der Waals surface area contributed by atoms with Crippen LogP contribution in [0.5, 0.6) is 0 Å². The maximum atomic E-state index is 6.39. The Kier molecular flexibility index (Phi) is 6.04. The Morgan fingerprint density at radius 3 is 1.66 bits per heavy atom. The lowest BCUT2D eigenvalue weighted by molar-refractivity contribution is 0.953. The molecule has 0 bridgehead atoms. The third kappa shape index (κ3) is 4.24. The molecule has 0 aliphatic heterocycles. The van der Waals surface area contributed by atoms with E-state index in [0.29, 0.717) is 17.6 Å². The molecule has 3 aromatic heterocycles. The SMILES string of the molecule is CNc1ccc2c(c1)c1ccc3c4cc(N)ccc4n(-c4ccccc4)c3c1n2-c1nc(-c2ccccc2)nc(-c2ccccc2)n1. The van der Waals surface area contributed by atoms with Crippen molar-refractivity contribution in [2.45, 2.75) is 0 Å². The molecule has 3 N–H and O–H groups in total. The quantitative estimate of drug-likeness (QED) is 0.191. The van der Waals surface area contributed by atoms with Gasteiger partial charge < -0.3 is 15.6 Å². The zero-order valence-electron chi connectivity index (χ0n) is 25.6. The Morgan fingerprint density at radius 2 is 1.04 bits per heavy atom. The average Bonchev–Trinajstić information content (AvgIpc) is 3.64. The van der Waals surface area contributed by atoms with Crippen molar-refractivity contribution in [2.75, 3.05) is 18.1 Å². The third-order valence-corrected chi connectivity index (χ3v) is 8.87. The first-order chi connectivity index (χ1) is 23.2. The number of hydrogen-bond donors (Lipinski definition) is 2. The van der Waals surface area contributed by atoms with Gasteiger partial charge in [0.15, 0.2) is 11.6 Å². The van der Waals surface area contributed by atoms with E-state index in [-0.39, 0.29) is 0 Å². The van der Waals surface area contributed by atoms with Crippen molar-refractivity contribution in [2.24, 2.45) is 0 Å². The highest BCUT2D eigenvalue weighted by molar-refractivity contribution is 6.24. The fourth-order valence-electron chi connectivity index (χ4n) is 6.72. The van der Waals surface area contributed by atoms with Crippen LogP contribution in [0, 0.1) is 0 Å². The third-order valence-electron chi connectivity index (χ3n) is 8.87. The second-order valence-electron chi connectivity index (χ2n) is 11.6. The summed E-state index contributed by atoms with van der Waals surface area (Å²) < 4.78 is 4.53. The minimum atomic E-state index is 0.548. The van der Waals surface area contributed by atoms with Gasteiger partial charge in [-0.1, -0.05) is 91.0 Å². The molecule has 0 amide bonds. The molecule has 0 atom stereocenters. The molecule has 7 nitrogen and oxygen atoms in total. The van der Waals surface area contributed by atoms with E-state index in [1.807, 2.05) is 79.8 Å². The molecular formula is C40H29N7. The van der Waals surface area contributed by atoms with Crippen molar-refractivity contribution in [3.63, 3.8) is 0 Å². The lowest BCUT2D eigenvalue weighted by atomic mass is 10.1. The standard InChI is InChI=1S/C40H29N7/c1-42-28-18-22-35-33(24-28)31-20-19-30-32-23-27(41)17-21-34(32)46(29-15-9-4-10-16-29)36(30)37(31)47(35)40-44-38(25-11-5-2-6-12-25)43-39(45-40)26-13-7-3-8-14-26/h2-24,42H,41H2,1H3. The fraction of sp³-hybridized carbons (Fsp3) is 0.0250. The monoisotopic (exact) mass is 607 g/mol. The summed E-state index contributed by atoms with van der Waals surface area (Å²) in [6.07, 6.45) is 0. The van der Waals surface area contributed by atoms with Crippen molar-refractivity contribution < 1.29 is 0 Å². The number of nitrogen functional groups attached to an aromatic ring is 1. The Bertz CT molecular complexity index is 2550. The lowest BCUT2D eigenvalue weighted by Gasteiger charge is -2.13. The van der Waals surface area contributed by atoms with E-state index in [9.17, 15) is 0 Å². The van der Waals surface area contributed by atoms with Crippen LogP contribution in [0.2, 0.25) is 0 Å². The number of anilines is 2. The van der Waals surface area contributed by atoms with Crippen LogP contribution in [0.25, 0.3) is 78.0 Å². The normalized spacial score (nSPS) is 11.6. The van der Waals surface area contributed by atoms with Gasteiger partial charge in [0, 0.05) is 56.8 Å². The smallest absolute Gasteiger partial charge is 0.238 e. The minimum Gasteiger partial charge on any atom is -0.399 e. The first kappa shape index (κ1) is 26.9. The molecule has 0 radical (unpaired) electrons.